The summed E-state index contributed by atoms with van der Waals surface area (Å²) in [6, 6.07) is 5.38. The Kier molecular flexibility index (Phi) is 8.61. The highest BCUT2D eigenvalue weighted by Gasteiger charge is 2.24. The van der Waals surface area contributed by atoms with E-state index in [9.17, 15) is 4.39 Å². The predicted molar refractivity (Wildman–Crippen MR) is 76.1 cm³/mol. The normalized spacial score (nSPS) is 16.6. The standard InChI is InChI=1S/C12H15FN4.2ClH/c13-12-10(2-1-5-16-12)11(3-4-14)17-8-6-15-7-9-17;;/h1-2,5,11,15H,3,6-9H2;2*1H/t11-;;/m0../s1. The maximum atomic E-state index is 13.7. The van der Waals surface area contributed by atoms with E-state index in [1.807, 2.05) is 0 Å². The van der Waals surface area contributed by atoms with Crippen LogP contribution in [0.2, 0.25) is 0 Å². The monoisotopic (exact) mass is 306 g/mol. The maximum Gasteiger partial charge on any atom is 0.217 e. The maximum absolute atomic E-state index is 13.7. The van der Waals surface area contributed by atoms with Crippen molar-refractivity contribution >= 4 is 24.8 Å². The Morgan fingerprint density at radius 3 is 2.68 bits per heavy atom. The van der Waals surface area contributed by atoms with Crippen molar-refractivity contribution in [3.63, 3.8) is 0 Å². The van der Waals surface area contributed by atoms with E-state index in [1.54, 1.807) is 12.1 Å². The van der Waals surface area contributed by atoms with Crippen LogP contribution in [0, 0.1) is 17.3 Å². The highest BCUT2D eigenvalue weighted by Crippen LogP contribution is 2.25. The molecule has 0 unspecified atom stereocenters. The summed E-state index contributed by atoms with van der Waals surface area (Å²) >= 11 is 0. The molecule has 1 saturated heterocycles. The number of piperazine rings is 1. The molecule has 106 valence electrons. The summed E-state index contributed by atoms with van der Waals surface area (Å²) < 4.78 is 13.7. The molecule has 1 aromatic rings. The Bertz CT molecular complexity index is 418. The summed E-state index contributed by atoms with van der Waals surface area (Å²) in [4.78, 5) is 5.80. The van der Waals surface area contributed by atoms with Gasteiger partial charge in [0.15, 0.2) is 0 Å². The second-order valence-electron chi connectivity index (χ2n) is 4.05. The van der Waals surface area contributed by atoms with Crippen molar-refractivity contribution in [2.45, 2.75) is 12.5 Å². The molecule has 19 heavy (non-hydrogen) atoms. The fourth-order valence-corrected chi connectivity index (χ4v) is 2.16. The van der Waals surface area contributed by atoms with E-state index < -0.39 is 5.95 Å². The fourth-order valence-electron chi connectivity index (χ4n) is 2.16. The van der Waals surface area contributed by atoms with Gasteiger partial charge < -0.3 is 5.32 Å². The third-order valence-corrected chi connectivity index (χ3v) is 3.02. The van der Waals surface area contributed by atoms with Gasteiger partial charge in [-0.2, -0.15) is 9.65 Å². The Hall–Kier alpha value is -0.930. The predicted octanol–water partition coefficient (Wildman–Crippen LogP) is 1.92. The topological polar surface area (TPSA) is 52.0 Å². The first-order valence-electron chi connectivity index (χ1n) is 5.75. The molecule has 2 heterocycles. The number of hydrogen-bond acceptors (Lipinski definition) is 4. The molecule has 1 atom stereocenters. The van der Waals surface area contributed by atoms with Gasteiger partial charge in [0.05, 0.1) is 18.5 Å². The molecule has 0 bridgehead atoms. The number of nitrogens with zero attached hydrogens (tertiary/aromatic N) is 3. The minimum atomic E-state index is -0.466. The van der Waals surface area contributed by atoms with Gasteiger partial charge >= 0.3 is 0 Å². The SMILES string of the molecule is Cl.Cl.N#CC[C@@H](c1cccnc1F)N1CCNCC1. The Labute approximate surface area is 124 Å². The summed E-state index contributed by atoms with van der Waals surface area (Å²) in [6.07, 6.45) is 1.72. The molecule has 2 rings (SSSR count). The molecule has 0 aromatic carbocycles. The summed E-state index contributed by atoms with van der Waals surface area (Å²) in [5.74, 6) is -0.466. The summed E-state index contributed by atoms with van der Waals surface area (Å²) in [5.41, 5.74) is 0.524. The van der Waals surface area contributed by atoms with E-state index in [1.165, 1.54) is 6.20 Å². The van der Waals surface area contributed by atoms with Gasteiger partial charge in [-0.15, -0.1) is 24.8 Å². The largest absolute Gasteiger partial charge is 0.314 e. The molecule has 4 nitrogen and oxygen atoms in total. The average molecular weight is 307 g/mol. The van der Waals surface area contributed by atoms with E-state index in [4.69, 9.17) is 5.26 Å². The molecular weight excluding hydrogens is 290 g/mol. The van der Waals surface area contributed by atoms with Gasteiger partial charge in [-0.05, 0) is 6.07 Å². The molecule has 1 fully saturated rings. The highest BCUT2D eigenvalue weighted by atomic mass is 35.5. The first-order valence-corrected chi connectivity index (χ1v) is 5.75. The van der Waals surface area contributed by atoms with Gasteiger partial charge in [-0.25, -0.2) is 4.98 Å². The second kappa shape index (κ2) is 9.05. The number of nitrogens with one attached hydrogen (secondary N) is 1. The van der Waals surface area contributed by atoms with E-state index in [2.05, 4.69) is 21.3 Å². The lowest BCUT2D eigenvalue weighted by atomic mass is 10.0. The van der Waals surface area contributed by atoms with Gasteiger partial charge in [-0.3, -0.25) is 4.90 Å². The van der Waals surface area contributed by atoms with Gasteiger partial charge in [0.2, 0.25) is 5.95 Å². The lowest BCUT2D eigenvalue weighted by Crippen LogP contribution is -2.45. The van der Waals surface area contributed by atoms with Crippen molar-refractivity contribution in [3.05, 3.63) is 29.8 Å². The van der Waals surface area contributed by atoms with Crippen molar-refractivity contribution in [1.82, 2.24) is 15.2 Å². The number of aromatic nitrogens is 1. The van der Waals surface area contributed by atoms with Crippen LogP contribution < -0.4 is 5.32 Å². The van der Waals surface area contributed by atoms with Crippen LogP contribution >= 0.6 is 24.8 Å². The minimum Gasteiger partial charge on any atom is -0.314 e. The van der Waals surface area contributed by atoms with E-state index in [0.29, 0.717) is 12.0 Å². The average Bonchev–Trinajstić information content (AvgIpc) is 2.38. The summed E-state index contributed by atoms with van der Waals surface area (Å²) in [5, 5.41) is 12.1. The van der Waals surface area contributed by atoms with Gasteiger partial charge in [0.1, 0.15) is 0 Å². The van der Waals surface area contributed by atoms with Crippen molar-refractivity contribution < 1.29 is 4.39 Å². The minimum absolute atomic E-state index is 0. The molecule has 1 aliphatic heterocycles. The lowest BCUT2D eigenvalue weighted by molar-refractivity contribution is 0.171. The van der Waals surface area contributed by atoms with Crippen LogP contribution in [0.4, 0.5) is 4.39 Å². The number of pyridine rings is 1. The third kappa shape index (κ3) is 4.59. The van der Waals surface area contributed by atoms with Crippen LogP contribution in [0.1, 0.15) is 18.0 Å². The highest BCUT2D eigenvalue weighted by molar-refractivity contribution is 5.85. The smallest absolute Gasteiger partial charge is 0.217 e. The van der Waals surface area contributed by atoms with Crippen LogP contribution in [0.5, 0.6) is 0 Å². The lowest BCUT2D eigenvalue weighted by Gasteiger charge is -2.33. The molecule has 0 amide bonds. The van der Waals surface area contributed by atoms with Gasteiger partial charge in [-0.1, -0.05) is 6.07 Å². The molecule has 0 radical (unpaired) electrons. The Balaban J connectivity index is 0.00000162. The number of hydrogen-bond donors (Lipinski definition) is 1. The van der Waals surface area contributed by atoms with Crippen LogP contribution in [-0.4, -0.2) is 36.1 Å². The van der Waals surface area contributed by atoms with Crippen molar-refractivity contribution in [1.29, 1.82) is 5.26 Å². The van der Waals surface area contributed by atoms with E-state index in [0.717, 1.165) is 26.2 Å². The first kappa shape index (κ1) is 18.1. The quantitative estimate of drug-likeness (QED) is 0.867. The molecule has 1 aromatic heterocycles. The number of nitriles is 1. The number of halogens is 3. The summed E-state index contributed by atoms with van der Waals surface area (Å²) in [7, 11) is 0. The molecule has 1 aliphatic rings. The van der Waals surface area contributed by atoms with Gasteiger partial charge in [0.25, 0.3) is 0 Å². The molecule has 7 heteroatoms. The first-order chi connectivity index (χ1) is 8.33. The van der Waals surface area contributed by atoms with Crippen LogP contribution in [-0.2, 0) is 0 Å². The zero-order valence-electron chi connectivity index (χ0n) is 10.4. The second-order valence-corrected chi connectivity index (χ2v) is 4.05. The molecule has 1 N–H and O–H groups in total. The molecule has 0 spiro atoms. The Morgan fingerprint density at radius 1 is 1.42 bits per heavy atom. The molecule has 0 aliphatic carbocycles. The number of rotatable bonds is 3. The van der Waals surface area contributed by atoms with Crippen molar-refractivity contribution in [2.24, 2.45) is 0 Å². The van der Waals surface area contributed by atoms with E-state index >= 15 is 0 Å². The fraction of sp³-hybridized carbons (Fsp3) is 0.500. The Morgan fingerprint density at radius 2 is 2.11 bits per heavy atom. The zero-order chi connectivity index (χ0) is 12.1. The van der Waals surface area contributed by atoms with Crippen molar-refractivity contribution in [3.8, 4) is 6.07 Å². The van der Waals surface area contributed by atoms with Crippen molar-refractivity contribution in [2.75, 3.05) is 26.2 Å². The third-order valence-electron chi connectivity index (χ3n) is 3.02. The van der Waals surface area contributed by atoms with E-state index in [-0.39, 0.29) is 30.9 Å². The van der Waals surface area contributed by atoms with Gasteiger partial charge in [0, 0.05) is 37.9 Å². The van der Waals surface area contributed by atoms with Crippen LogP contribution in [0.3, 0.4) is 0 Å². The summed E-state index contributed by atoms with van der Waals surface area (Å²) in [6.45, 7) is 3.43. The molecule has 0 saturated carbocycles. The molecular formula is C12H17Cl2FN4. The van der Waals surface area contributed by atoms with Crippen LogP contribution in [0.25, 0.3) is 0 Å². The van der Waals surface area contributed by atoms with Crippen LogP contribution in [0.15, 0.2) is 18.3 Å². The zero-order valence-corrected chi connectivity index (χ0v) is 12.0.